The van der Waals surface area contributed by atoms with Crippen LogP contribution < -0.4 is 0 Å². The molecule has 1 aliphatic heterocycles. The summed E-state index contributed by atoms with van der Waals surface area (Å²) < 4.78 is 5.47. The van der Waals surface area contributed by atoms with E-state index in [0.717, 1.165) is 19.6 Å². The van der Waals surface area contributed by atoms with Gasteiger partial charge in [0, 0.05) is 0 Å². The first-order chi connectivity index (χ1) is 8.45. The molecule has 0 saturated carbocycles. The molecule has 0 fully saturated rings. The predicted octanol–water partition coefficient (Wildman–Crippen LogP) is 5.85. The molecule has 0 saturated heterocycles. The molecule has 1 rings (SSSR count). The zero-order valence-corrected chi connectivity index (χ0v) is 14.1. The summed E-state index contributed by atoms with van der Waals surface area (Å²) in [7, 11) is 0. The Hall–Kier alpha value is -0.300. The maximum atomic E-state index is 5.47. The summed E-state index contributed by atoms with van der Waals surface area (Å²) in [4.78, 5) is 0. The molecule has 0 unspecified atom stereocenters. The number of hydrogen-bond acceptors (Lipinski definition) is 1. The standard InChI is InChI=1S/C11H20O.2C3H8/c1-8(2)10-5-6-12-7-11(10)9(3)4;2*1-3-2/h8-9H,5-7H2,1-4H3;2*3H2,1-2H3. The molecule has 0 amide bonds. The van der Waals surface area contributed by atoms with Crippen molar-refractivity contribution >= 4 is 0 Å². The van der Waals surface area contributed by atoms with E-state index in [4.69, 9.17) is 4.74 Å². The Morgan fingerprint density at radius 2 is 1.22 bits per heavy atom. The van der Waals surface area contributed by atoms with Gasteiger partial charge < -0.3 is 4.74 Å². The zero-order valence-electron chi connectivity index (χ0n) is 14.1. The summed E-state index contributed by atoms with van der Waals surface area (Å²) in [6.07, 6.45) is 3.64. The van der Waals surface area contributed by atoms with E-state index < -0.39 is 0 Å². The first kappa shape index (κ1) is 20.0. The SMILES string of the molecule is CC(C)C1=C(C(C)C)COCC1.CCC.CCC. The molecule has 110 valence electrons. The number of ether oxygens (including phenoxy) is 1. The van der Waals surface area contributed by atoms with Crippen molar-refractivity contribution in [3.63, 3.8) is 0 Å². The molecule has 0 bridgehead atoms. The highest BCUT2D eigenvalue weighted by molar-refractivity contribution is 5.20. The highest BCUT2D eigenvalue weighted by atomic mass is 16.5. The van der Waals surface area contributed by atoms with Crippen molar-refractivity contribution in [3.05, 3.63) is 11.1 Å². The van der Waals surface area contributed by atoms with E-state index in [1.807, 2.05) is 0 Å². The monoisotopic (exact) mass is 256 g/mol. The molecule has 1 aliphatic rings. The average Bonchev–Trinajstić information content (AvgIpc) is 2.31. The lowest BCUT2D eigenvalue weighted by Gasteiger charge is -2.25. The molecule has 0 radical (unpaired) electrons. The lowest BCUT2D eigenvalue weighted by Crippen LogP contribution is -2.17. The van der Waals surface area contributed by atoms with Gasteiger partial charge in [-0.25, -0.2) is 0 Å². The third-order valence-electron chi connectivity index (χ3n) is 2.58. The van der Waals surface area contributed by atoms with Crippen molar-refractivity contribution < 1.29 is 4.74 Å². The third kappa shape index (κ3) is 9.70. The van der Waals surface area contributed by atoms with Gasteiger partial charge in [-0.15, -0.1) is 0 Å². The molecule has 0 aliphatic carbocycles. The lowest BCUT2D eigenvalue weighted by atomic mass is 9.88. The Bertz CT molecular complexity index is 180. The van der Waals surface area contributed by atoms with E-state index >= 15 is 0 Å². The maximum Gasteiger partial charge on any atom is 0.0682 e. The molecule has 1 nitrogen and oxygen atoms in total. The van der Waals surface area contributed by atoms with Crippen LogP contribution in [0.25, 0.3) is 0 Å². The summed E-state index contributed by atoms with van der Waals surface area (Å²) in [5.41, 5.74) is 3.17. The second-order valence-corrected chi connectivity index (χ2v) is 5.58. The van der Waals surface area contributed by atoms with Gasteiger partial charge in [-0.05, 0) is 23.8 Å². The quantitative estimate of drug-likeness (QED) is 0.563. The largest absolute Gasteiger partial charge is 0.377 e. The van der Waals surface area contributed by atoms with E-state index in [2.05, 4.69) is 55.4 Å². The van der Waals surface area contributed by atoms with Crippen LogP contribution in [0, 0.1) is 11.8 Å². The van der Waals surface area contributed by atoms with E-state index in [0.29, 0.717) is 11.8 Å². The fourth-order valence-electron chi connectivity index (χ4n) is 1.81. The van der Waals surface area contributed by atoms with Gasteiger partial charge >= 0.3 is 0 Å². The minimum Gasteiger partial charge on any atom is -0.377 e. The van der Waals surface area contributed by atoms with Crippen LogP contribution in [0.1, 0.15) is 74.7 Å². The second-order valence-electron chi connectivity index (χ2n) is 5.58. The molecule has 1 heteroatoms. The lowest BCUT2D eigenvalue weighted by molar-refractivity contribution is 0.136. The van der Waals surface area contributed by atoms with Gasteiger partial charge in [0.15, 0.2) is 0 Å². The van der Waals surface area contributed by atoms with Crippen LogP contribution >= 0.6 is 0 Å². The van der Waals surface area contributed by atoms with Crippen LogP contribution in [0.15, 0.2) is 11.1 Å². The van der Waals surface area contributed by atoms with Crippen molar-refractivity contribution in [1.29, 1.82) is 0 Å². The fraction of sp³-hybridized carbons (Fsp3) is 0.882. The second kappa shape index (κ2) is 13.1. The molecule has 0 aromatic rings. The molecule has 0 aromatic heterocycles. The van der Waals surface area contributed by atoms with Crippen LogP contribution in [0.3, 0.4) is 0 Å². The van der Waals surface area contributed by atoms with Gasteiger partial charge in [-0.3, -0.25) is 0 Å². The minimum atomic E-state index is 0.655. The summed E-state index contributed by atoms with van der Waals surface area (Å²) in [6, 6.07) is 0. The van der Waals surface area contributed by atoms with Crippen LogP contribution in [0.4, 0.5) is 0 Å². The van der Waals surface area contributed by atoms with Gasteiger partial charge in [0.05, 0.1) is 13.2 Å². The molecule has 0 N–H and O–H groups in total. The molecular weight excluding hydrogens is 220 g/mol. The summed E-state index contributed by atoms with van der Waals surface area (Å²) in [5, 5.41) is 0. The zero-order chi connectivity index (χ0) is 14.6. The molecule has 18 heavy (non-hydrogen) atoms. The van der Waals surface area contributed by atoms with Crippen molar-refractivity contribution in [3.8, 4) is 0 Å². The van der Waals surface area contributed by atoms with Gasteiger partial charge in [0.2, 0.25) is 0 Å². The van der Waals surface area contributed by atoms with E-state index in [-0.39, 0.29) is 0 Å². The summed E-state index contributed by atoms with van der Waals surface area (Å²) in [5.74, 6) is 1.36. The highest BCUT2D eigenvalue weighted by Gasteiger charge is 2.17. The van der Waals surface area contributed by atoms with E-state index in [1.165, 1.54) is 18.4 Å². The molecule has 0 aromatic carbocycles. The molecular formula is C17H36O. The highest BCUT2D eigenvalue weighted by Crippen LogP contribution is 2.27. The minimum absolute atomic E-state index is 0.655. The Balaban J connectivity index is 0. The van der Waals surface area contributed by atoms with Gasteiger partial charge in [0.1, 0.15) is 0 Å². The Kier molecular flexibility index (Phi) is 14.6. The Labute approximate surface area is 116 Å². The van der Waals surface area contributed by atoms with Crippen LogP contribution in [-0.4, -0.2) is 13.2 Å². The van der Waals surface area contributed by atoms with Gasteiger partial charge in [-0.2, -0.15) is 0 Å². The smallest absolute Gasteiger partial charge is 0.0682 e. The molecule has 1 heterocycles. The summed E-state index contributed by atoms with van der Waals surface area (Å²) in [6.45, 7) is 19.4. The molecule has 0 atom stereocenters. The Morgan fingerprint density at radius 1 is 0.833 bits per heavy atom. The topological polar surface area (TPSA) is 9.23 Å². The van der Waals surface area contributed by atoms with Crippen LogP contribution in [-0.2, 0) is 4.74 Å². The van der Waals surface area contributed by atoms with Crippen molar-refractivity contribution in [2.45, 2.75) is 74.7 Å². The van der Waals surface area contributed by atoms with Gasteiger partial charge in [-0.1, -0.05) is 73.8 Å². The first-order valence-electron chi connectivity index (χ1n) is 7.75. The van der Waals surface area contributed by atoms with E-state index in [9.17, 15) is 0 Å². The van der Waals surface area contributed by atoms with Crippen LogP contribution in [0.5, 0.6) is 0 Å². The van der Waals surface area contributed by atoms with Gasteiger partial charge in [0.25, 0.3) is 0 Å². The third-order valence-corrected chi connectivity index (χ3v) is 2.58. The average molecular weight is 256 g/mol. The first-order valence-corrected chi connectivity index (χ1v) is 7.75. The maximum absolute atomic E-state index is 5.47. The van der Waals surface area contributed by atoms with Crippen LogP contribution in [0.2, 0.25) is 0 Å². The number of hydrogen-bond donors (Lipinski definition) is 0. The molecule has 0 spiro atoms. The van der Waals surface area contributed by atoms with E-state index in [1.54, 1.807) is 5.57 Å². The summed E-state index contributed by atoms with van der Waals surface area (Å²) >= 11 is 0. The normalized spacial score (nSPS) is 15.0. The van der Waals surface area contributed by atoms with Crippen molar-refractivity contribution in [1.82, 2.24) is 0 Å². The predicted molar refractivity (Wildman–Crippen MR) is 84.1 cm³/mol. The van der Waals surface area contributed by atoms with Crippen molar-refractivity contribution in [2.24, 2.45) is 11.8 Å². The number of rotatable bonds is 2. The van der Waals surface area contributed by atoms with Crippen molar-refractivity contribution in [2.75, 3.05) is 13.2 Å². The Morgan fingerprint density at radius 3 is 1.50 bits per heavy atom. The fourth-order valence-corrected chi connectivity index (χ4v) is 1.81.